The van der Waals surface area contributed by atoms with Gasteiger partial charge in [-0.3, -0.25) is 4.79 Å². The average molecular weight is 430 g/mol. The number of amides is 1. The number of aryl methyl sites for hydroxylation is 1. The average Bonchev–Trinajstić information content (AvgIpc) is 2.66. The van der Waals surface area contributed by atoms with Gasteiger partial charge in [0, 0.05) is 30.5 Å². The van der Waals surface area contributed by atoms with Gasteiger partial charge in [0.2, 0.25) is 0 Å². The number of ether oxygens (including phenoxy) is 1. The number of carbonyl (C=O) groups is 1. The van der Waals surface area contributed by atoms with Crippen LogP contribution in [0.25, 0.3) is 0 Å². The summed E-state index contributed by atoms with van der Waals surface area (Å²) in [5, 5.41) is 5.69. The molecular weight excluding hydrogens is 407 g/mol. The minimum Gasteiger partial charge on any atom is -0.381 e. The zero-order valence-corrected chi connectivity index (χ0v) is 16.8. The van der Waals surface area contributed by atoms with Crippen LogP contribution in [-0.2, 0) is 9.53 Å². The van der Waals surface area contributed by atoms with Gasteiger partial charge in [-0.25, -0.2) is 4.99 Å². The maximum Gasteiger partial charge on any atom is 0.434 e. The molecule has 29 heavy (non-hydrogen) atoms. The van der Waals surface area contributed by atoms with E-state index in [1.54, 1.807) is 25.1 Å². The molecule has 5 nitrogen and oxygen atoms in total. The molecule has 9 heteroatoms. The topological polar surface area (TPSA) is 62.7 Å². The van der Waals surface area contributed by atoms with Crippen LogP contribution in [0.2, 0.25) is 5.02 Å². The number of hydrogen-bond acceptors (Lipinski definition) is 4. The lowest BCUT2D eigenvalue weighted by atomic mass is 10.0. The van der Waals surface area contributed by atoms with Crippen LogP contribution in [0.4, 0.5) is 18.9 Å². The smallest absolute Gasteiger partial charge is 0.381 e. The van der Waals surface area contributed by atoms with E-state index in [2.05, 4.69) is 28.8 Å². The highest BCUT2D eigenvalue weighted by Gasteiger charge is 2.40. The molecule has 0 bridgehead atoms. The molecule has 2 rings (SSSR count). The summed E-state index contributed by atoms with van der Waals surface area (Å²) in [6, 6.07) is 4.83. The lowest BCUT2D eigenvalue weighted by Crippen LogP contribution is -2.37. The summed E-state index contributed by atoms with van der Waals surface area (Å²) in [4.78, 5) is 15.7. The van der Waals surface area contributed by atoms with Crippen molar-refractivity contribution in [3.8, 4) is 0 Å². The maximum atomic E-state index is 13.5. The third-order valence-corrected chi connectivity index (χ3v) is 4.67. The SMILES string of the molecule is C=C(N=C(C(=C)C(=O)NCC1CCOCC1)C(F)(F)F)Nc1ccc(Cl)cc1C. The standard InChI is InChI=1S/C20H23ClF3N3O2/c1-12-10-16(21)4-5-17(12)26-14(3)27-18(20(22,23)24)13(2)19(28)25-11-15-6-8-29-9-7-15/h4-5,10,15,26H,2-3,6-9,11H2,1H3,(H,25,28). The van der Waals surface area contributed by atoms with Crippen molar-refractivity contribution >= 4 is 28.9 Å². The number of anilines is 1. The second-order valence-corrected chi connectivity index (χ2v) is 7.17. The number of alkyl halides is 3. The minimum atomic E-state index is -4.87. The van der Waals surface area contributed by atoms with Crippen LogP contribution in [0, 0.1) is 12.8 Å². The van der Waals surface area contributed by atoms with Gasteiger partial charge in [-0.05, 0) is 49.4 Å². The number of nitrogens with one attached hydrogen (secondary N) is 2. The molecule has 1 heterocycles. The highest BCUT2D eigenvalue weighted by atomic mass is 35.5. The third kappa shape index (κ3) is 6.90. The predicted octanol–water partition coefficient (Wildman–Crippen LogP) is 4.63. The summed E-state index contributed by atoms with van der Waals surface area (Å²) in [5.41, 5.74) is -0.957. The van der Waals surface area contributed by atoms with Gasteiger partial charge in [0.15, 0.2) is 5.71 Å². The number of halogens is 4. The van der Waals surface area contributed by atoms with Gasteiger partial charge in [-0.15, -0.1) is 0 Å². The number of benzene rings is 1. The Balaban J connectivity index is 2.09. The largest absolute Gasteiger partial charge is 0.434 e. The molecule has 0 unspecified atom stereocenters. The Morgan fingerprint density at radius 3 is 2.55 bits per heavy atom. The zero-order valence-electron chi connectivity index (χ0n) is 16.0. The van der Waals surface area contributed by atoms with Crippen molar-refractivity contribution in [2.45, 2.75) is 25.9 Å². The van der Waals surface area contributed by atoms with Crippen LogP contribution in [0.3, 0.4) is 0 Å². The summed E-state index contributed by atoms with van der Waals surface area (Å²) < 4.78 is 45.7. The predicted molar refractivity (Wildman–Crippen MR) is 108 cm³/mol. The van der Waals surface area contributed by atoms with Crippen molar-refractivity contribution in [3.63, 3.8) is 0 Å². The Labute approximate surface area is 172 Å². The Morgan fingerprint density at radius 2 is 1.97 bits per heavy atom. The number of hydrogen-bond donors (Lipinski definition) is 2. The molecule has 0 spiro atoms. The molecule has 0 saturated carbocycles. The van der Waals surface area contributed by atoms with Crippen LogP contribution in [-0.4, -0.2) is 37.6 Å². The first kappa shape index (κ1) is 23.0. The van der Waals surface area contributed by atoms with Crippen LogP contribution < -0.4 is 10.6 Å². The normalized spacial score (nSPS) is 15.7. The monoisotopic (exact) mass is 429 g/mol. The van der Waals surface area contributed by atoms with Crippen molar-refractivity contribution in [2.75, 3.05) is 25.1 Å². The molecule has 1 amide bonds. The van der Waals surface area contributed by atoms with Gasteiger partial charge < -0.3 is 15.4 Å². The molecule has 1 aromatic carbocycles. The maximum absolute atomic E-state index is 13.5. The Bertz CT molecular complexity index is 816. The van der Waals surface area contributed by atoms with Crippen LogP contribution >= 0.6 is 11.6 Å². The second-order valence-electron chi connectivity index (χ2n) is 6.73. The lowest BCUT2D eigenvalue weighted by Gasteiger charge is -2.22. The summed E-state index contributed by atoms with van der Waals surface area (Å²) in [5.74, 6) is -1.03. The van der Waals surface area contributed by atoms with Crippen LogP contribution in [0.1, 0.15) is 18.4 Å². The minimum absolute atomic E-state index is 0.163. The summed E-state index contributed by atoms with van der Waals surface area (Å²) >= 11 is 5.87. The van der Waals surface area contributed by atoms with Gasteiger partial charge in [-0.1, -0.05) is 24.8 Å². The van der Waals surface area contributed by atoms with Crippen molar-refractivity contribution in [2.24, 2.45) is 10.9 Å². The molecule has 1 saturated heterocycles. The molecule has 2 N–H and O–H groups in total. The van der Waals surface area contributed by atoms with Gasteiger partial charge in [0.1, 0.15) is 5.82 Å². The van der Waals surface area contributed by atoms with E-state index in [1.165, 1.54) is 0 Å². The summed E-state index contributed by atoms with van der Waals surface area (Å²) in [6.07, 6.45) is -3.38. The van der Waals surface area contributed by atoms with E-state index >= 15 is 0 Å². The highest BCUT2D eigenvalue weighted by Crippen LogP contribution is 2.25. The molecule has 1 aliphatic rings. The van der Waals surface area contributed by atoms with E-state index in [-0.39, 0.29) is 18.3 Å². The quantitative estimate of drug-likeness (QED) is 0.490. The van der Waals surface area contributed by atoms with Crippen molar-refractivity contribution in [3.05, 3.63) is 53.3 Å². The zero-order chi connectivity index (χ0) is 21.6. The van der Waals surface area contributed by atoms with E-state index in [0.717, 1.165) is 12.8 Å². The van der Waals surface area contributed by atoms with Crippen molar-refractivity contribution < 1.29 is 22.7 Å². The Hall–Kier alpha value is -2.32. The summed E-state index contributed by atoms with van der Waals surface area (Å²) in [7, 11) is 0. The molecule has 158 valence electrons. The number of nitrogens with zero attached hydrogens (tertiary/aromatic N) is 1. The fraction of sp³-hybridized carbons (Fsp3) is 0.400. The number of carbonyl (C=O) groups excluding carboxylic acids is 1. The highest BCUT2D eigenvalue weighted by molar-refractivity contribution is 6.30. The van der Waals surface area contributed by atoms with Crippen LogP contribution in [0.5, 0.6) is 0 Å². The van der Waals surface area contributed by atoms with E-state index in [0.29, 0.717) is 29.5 Å². The fourth-order valence-electron chi connectivity index (χ4n) is 2.79. The molecular formula is C20H23ClF3N3O2. The lowest BCUT2D eigenvalue weighted by molar-refractivity contribution is -0.118. The summed E-state index contributed by atoms with van der Waals surface area (Å²) in [6.45, 7) is 9.96. The molecule has 0 aromatic heterocycles. The van der Waals surface area contributed by atoms with Gasteiger partial charge in [-0.2, -0.15) is 13.2 Å². The fourth-order valence-corrected chi connectivity index (χ4v) is 3.02. The molecule has 1 aromatic rings. The van der Waals surface area contributed by atoms with E-state index < -0.39 is 23.4 Å². The molecule has 0 atom stereocenters. The third-order valence-electron chi connectivity index (χ3n) is 4.43. The van der Waals surface area contributed by atoms with Gasteiger partial charge in [0.25, 0.3) is 5.91 Å². The Kier molecular flexibility index (Phi) is 7.87. The number of rotatable bonds is 7. The van der Waals surface area contributed by atoms with Gasteiger partial charge >= 0.3 is 6.18 Å². The van der Waals surface area contributed by atoms with Crippen molar-refractivity contribution in [1.29, 1.82) is 0 Å². The molecule has 1 aliphatic heterocycles. The van der Waals surface area contributed by atoms with E-state index in [9.17, 15) is 18.0 Å². The van der Waals surface area contributed by atoms with Crippen LogP contribution in [0.15, 0.2) is 47.7 Å². The van der Waals surface area contributed by atoms with E-state index in [4.69, 9.17) is 16.3 Å². The first-order valence-electron chi connectivity index (χ1n) is 9.01. The first-order chi connectivity index (χ1) is 13.6. The molecule has 1 fully saturated rings. The number of aliphatic imine (C=N–C) groups is 1. The molecule has 0 aliphatic carbocycles. The second kappa shape index (κ2) is 9.93. The van der Waals surface area contributed by atoms with E-state index in [1.807, 2.05) is 0 Å². The Morgan fingerprint density at radius 1 is 1.31 bits per heavy atom. The van der Waals surface area contributed by atoms with Gasteiger partial charge in [0.05, 0.1) is 5.57 Å². The molecule has 0 radical (unpaired) electrons. The first-order valence-corrected chi connectivity index (χ1v) is 9.39. The van der Waals surface area contributed by atoms with Crippen molar-refractivity contribution in [1.82, 2.24) is 5.32 Å².